The van der Waals surface area contributed by atoms with Crippen LogP contribution in [0, 0.1) is 0 Å². The summed E-state index contributed by atoms with van der Waals surface area (Å²) < 4.78 is 19.9. The molecule has 2 aliphatic heterocycles. The van der Waals surface area contributed by atoms with Gasteiger partial charge in [0.1, 0.15) is 5.83 Å². The minimum atomic E-state index is -0.490. The molecule has 1 N–H and O–H groups in total. The lowest BCUT2D eigenvalue weighted by molar-refractivity contribution is 0.0655. The van der Waals surface area contributed by atoms with E-state index in [0.29, 0.717) is 29.8 Å². The van der Waals surface area contributed by atoms with Gasteiger partial charge in [0.15, 0.2) is 0 Å². The molecule has 2 amide bonds. The minimum Gasteiger partial charge on any atom is -0.373 e. The van der Waals surface area contributed by atoms with Crippen molar-refractivity contribution in [3.8, 4) is 0 Å². The van der Waals surface area contributed by atoms with Crippen LogP contribution in [-0.2, 0) is 4.74 Å². The largest absolute Gasteiger partial charge is 0.373 e. The predicted octanol–water partition coefficient (Wildman–Crippen LogP) is 1.51. The van der Waals surface area contributed by atoms with Gasteiger partial charge in [0.2, 0.25) is 0 Å². The first kappa shape index (κ1) is 14.9. The Labute approximate surface area is 127 Å². The summed E-state index contributed by atoms with van der Waals surface area (Å²) in [5.74, 6) is -1.39. The van der Waals surface area contributed by atoms with Gasteiger partial charge in [0.25, 0.3) is 11.8 Å². The summed E-state index contributed by atoms with van der Waals surface area (Å²) in [7, 11) is 0. The molecule has 1 saturated heterocycles. The lowest BCUT2D eigenvalue weighted by atomic mass is 10.1. The van der Waals surface area contributed by atoms with Crippen LogP contribution in [-0.4, -0.2) is 49.1 Å². The van der Waals surface area contributed by atoms with Crippen LogP contribution in [0.15, 0.2) is 35.7 Å². The maximum Gasteiger partial charge on any atom is 0.261 e. The van der Waals surface area contributed by atoms with Crippen LogP contribution in [0.1, 0.15) is 27.6 Å². The maximum absolute atomic E-state index is 14.4. The highest BCUT2D eigenvalue weighted by Crippen LogP contribution is 2.24. The number of benzene rings is 1. The van der Waals surface area contributed by atoms with E-state index in [2.05, 4.69) is 5.32 Å². The Morgan fingerprint density at radius 1 is 1.32 bits per heavy atom. The Bertz CT molecular complexity index is 622. The minimum absolute atomic E-state index is 0.00426. The van der Waals surface area contributed by atoms with Gasteiger partial charge in [-0.3, -0.25) is 14.5 Å². The molecule has 1 aromatic rings. The zero-order valence-corrected chi connectivity index (χ0v) is 12.3. The number of nitrogens with one attached hydrogen (secondary N) is 1. The van der Waals surface area contributed by atoms with Gasteiger partial charge >= 0.3 is 0 Å². The number of hydrogen-bond acceptors (Lipinski definition) is 4. The Morgan fingerprint density at radius 3 is 2.59 bits per heavy atom. The number of imide groups is 1. The SMILES string of the molecule is CC1CNC/C(=C(/F)CN2C(=O)c3ccccc3C2=O)CO1. The molecule has 2 aliphatic rings. The summed E-state index contributed by atoms with van der Waals surface area (Å²) in [6.07, 6.45) is 0.00426. The highest BCUT2D eigenvalue weighted by Gasteiger charge is 2.36. The van der Waals surface area contributed by atoms with Crippen molar-refractivity contribution in [2.45, 2.75) is 13.0 Å². The average Bonchev–Trinajstić information content (AvgIpc) is 2.69. The molecule has 1 fully saturated rings. The van der Waals surface area contributed by atoms with Crippen LogP contribution in [0.2, 0.25) is 0 Å². The summed E-state index contributed by atoms with van der Waals surface area (Å²) in [5, 5.41) is 3.08. The molecule has 0 aliphatic carbocycles. The monoisotopic (exact) mass is 304 g/mol. The van der Waals surface area contributed by atoms with Gasteiger partial charge in [-0.2, -0.15) is 0 Å². The zero-order valence-electron chi connectivity index (χ0n) is 12.3. The molecule has 0 radical (unpaired) electrons. The lowest BCUT2D eigenvalue weighted by Gasteiger charge is -2.14. The summed E-state index contributed by atoms with van der Waals surface area (Å²) in [6.45, 7) is 2.73. The van der Waals surface area contributed by atoms with Crippen molar-refractivity contribution in [1.29, 1.82) is 0 Å². The number of halogens is 1. The second-order valence-electron chi connectivity index (χ2n) is 5.50. The van der Waals surface area contributed by atoms with Crippen molar-refractivity contribution < 1.29 is 18.7 Å². The van der Waals surface area contributed by atoms with Crippen LogP contribution < -0.4 is 5.32 Å². The van der Waals surface area contributed by atoms with Crippen molar-refractivity contribution in [3.63, 3.8) is 0 Å². The fourth-order valence-corrected chi connectivity index (χ4v) is 2.59. The van der Waals surface area contributed by atoms with Gasteiger partial charge in [0.05, 0.1) is 30.4 Å². The standard InChI is InChI=1S/C16H17FN2O3/c1-10-6-18-7-11(9-22-10)14(17)8-19-15(20)12-4-2-3-5-13(12)16(19)21/h2-5,10,18H,6-9H2,1H3/b14-11-. The van der Waals surface area contributed by atoms with Gasteiger partial charge in [-0.1, -0.05) is 12.1 Å². The molecule has 22 heavy (non-hydrogen) atoms. The quantitative estimate of drug-likeness (QED) is 0.842. The zero-order chi connectivity index (χ0) is 15.7. The lowest BCUT2D eigenvalue weighted by Crippen LogP contribution is -2.32. The third-order valence-corrected chi connectivity index (χ3v) is 3.87. The van der Waals surface area contributed by atoms with E-state index in [0.717, 1.165) is 4.90 Å². The molecule has 0 bridgehead atoms. The highest BCUT2D eigenvalue weighted by atomic mass is 19.1. The van der Waals surface area contributed by atoms with Gasteiger partial charge in [0, 0.05) is 18.7 Å². The Kier molecular flexibility index (Phi) is 4.04. The molecule has 1 unspecified atom stereocenters. The molecule has 0 saturated carbocycles. The molecular weight excluding hydrogens is 287 g/mol. The number of carbonyl (C=O) groups is 2. The topological polar surface area (TPSA) is 58.6 Å². The molecule has 116 valence electrons. The Morgan fingerprint density at radius 2 is 1.95 bits per heavy atom. The van der Waals surface area contributed by atoms with Gasteiger partial charge in [-0.05, 0) is 19.1 Å². The average molecular weight is 304 g/mol. The first-order chi connectivity index (χ1) is 10.6. The summed E-state index contributed by atoms with van der Waals surface area (Å²) in [4.78, 5) is 25.4. The van der Waals surface area contributed by atoms with E-state index in [1.165, 1.54) is 0 Å². The van der Waals surface area contributed by atoms with Crippen molar-refractivity contribution in [2.24, 2.45) is 0 Å². The molecule has 1 atom stereocenters. The third-order valence-electron chi connectivity index (χ3n) is 3.87. The molecule has 2 heterocycles. The smallest absolute Gasteiger partial charge is 0.261 e. The van der Waals surface area contributed by atoms with E-state index in [4.69, 9.17) is 4.74 Å². The number of amides is 2. The first-order valence-corrected chi connectivity index (χ1v) is 7.22. The molecule has 1 aromatic carbocycles. The first-order valence-electron chi connectivity index (χ1n) is 7.22. The van der Waals surface area contributed by atoms with E-state index in [-0.39, 0.29) is 19.3 Å². The number of nitrogens with zero attached hydrogens (tertiary/aromatic N) is 1. The van der Waals surface area contributed by atoms with Crippen LogP contribution in [0.5, 0.6) is 0 Å². The number of carbonyl (C=O) groups excluding carboxylic acids is 2. The summed E-state index contributed by atoms with van der Waals surface area (Å²) >= 11 is 0. The van der Waals surface area contributed by atoms with Crippen LogP contribution in [0.3, 0.4) is 0 Å². The van der Waals surface area contributed by atoms with Crippen molar-refractivity contribution in [2.75, 3.05) is 26.2 Å². The molecule has 6 heteroatoms. The molecule has 0 aromatic heterocycles. The van der Waals surface area contributed by atoms with E-state index in [1.807, 2.05) is 6.92 Å². The van der Waals surface area contributed by atoms with Gasteiger partial charge < -0.3 is 10.1 Å². The third kappa shape index (κ3) is 2.67. The second-order valence-corrected chi connectivity index (χ2v) is 5.50. The fraction of sp³-hybridized carbons (Fsp3) is 0.375. The van der Waals surface area contributed by atoms with E-state index < -0.39 is 17.6 Å². The maximum atomic E-state index is 14.4. The normalized spacial score (nSPS) is 24.3. The number of ether oxygens (including phenoxy) is 1. The van der Waals surface area contributed by atoms with Gasteiger partial charge in [-0.25, -0.2) is 4.39 Å². The molecule has 0 spiro atoms. The van der Waals surface area contributed by atoms with Crippen molar-refractivity contribution in [3.05, 3.63) is 46.8 Å². The van der Waals surface area contributed by atoms with E-state index in [9.17, 15) is 14.0 Å². The number of hydrogen-bond donors (Lipinski definition) is 1. The number of rotatable bonds is 2. The second kappa shape index (κ2) is 5.98. The van der Waals surface area contributed by atoms with Crippen LogP contribution in [0.25, 0.3) is 0 Å². The van der Waals surface area contributed by atoms with Crippen LogP contribution in [0.4, 0.5) is 4.39 Å². The Hall–Kier alpha value is -2.05. The fourth-order valence-electron chi connectivity index (χ4n) is 2.59. The van der Waals surface area contributed by atoms with Gasteiger partial charge in [-0.15, -0.1) is 0 Å². The summed E-state index contributed by atoms with van der Waals surface area (Å²) in [6, 6.07) is 6.54. The van der Waals surface area contributed by atoms with Crippen molar-refractivity contribution in [1.82, 2.24) is 10.2 Å². The summed E-state index contributed by atoms with van der Waals surface area (Å²) in [5.41, 5.74) is 1.10. The van der Waals surface area contributed by atoms with E-state index >= 15 is 0 Å². The van der Waals surface area contributed by atoms with Crippen molar-refractivity contribution >= 4 is 11.8 Å². The molecular formula is C16H17FN2O3. The van der Waals surface area contributed by atoms with Crippen LogP contribution >= 0.6 is 0 Å². The molecule has 3 rings (SSSR count). The number of fused-ring (bicyclic) bond motifs is 1. The molecule has 5 nitrogen and oxygen atoms in total. The van der Waals surface area contributed by atoms with E-state index in [1.54, 1.807) is 24.3 Å². The Balaban J connectivity index is 1.79. The predicted molar refractivity (Wildman–Crippen MR) is 78.2 cm³/mol. The highest BCUT2D eigenvalue weighted by molar-refractivity contribution is 6.21.